The van der Waals surface area contributed by atoms with Gasteiger partial charge in [-0.3, -0.25) is 15.1 Å². The SMILES string of the molecule is NC(=NCCc1ccccc1)c1cccc([N+](=O)[O-])c1.[Cl-]. The van der Waals surface area contributed by atoms with Crippen LogP contribution >= 0.6 is 0 Å². The van der Waals surface area contributed by atoms with E-state index in [1.54, 1.807) is 12.1 Å². The number of nitrogens with zero attached hydrogens (tertiary/aromatic N) is 2. The van der Waals surface area contributed by atoms with Gasteiger partial charge in [-0.1, -0.05) is 42.5 Å². The molecule has 0 aromatic heterocycles. The van der Waals surface area contributed by atoms with Gasteiger partial charge in [0.05, 0.1) is 4.92 Å². The predicted molar refractivity (Wildman–Crippen MR) is 78.8 cm³/mol. The molecule has 0 heterocycles. The minimum atomic E-state index is -0.444. The highest BCUT2D eigenvalue weighted by atomic mass is 35.5. The van der Waals surface area contributed by atoms with Gasteiger partial charge in [-0.25, -0.2) is 0 Å². The number of nitro benzene ring substituents is 1. The molecule has 0 aliphatic rings. The molecule has 0 bridgehead atoms. The predicted octanol–water partition coefficient (Wildman–Crippen LogP) is -0.453. The second-order valence-corrected chi connectivity index (χ2v) is 4.31. The van der Waals surface area contributed by atoms with Crippen LogP contribution in [0.1, 0.15) is 11.1 Å². The molecule has 0 aliphatic heterocycles. The number of nitro groups is 1. The number of hydrogen-bond donors (Lipinski definition) is 1. The molecular formula is C15H15ClN3O2-. The van der Waals surface area contributed by atoms with Gasteiger partial charge in [0.2, 0.25) is 0 Å². The van der Waals surface area contributed by atoms with Crippen molar-refractivity contribution in [1.82, 2.24) is 0 Å². The fourth-order valence-electron chi connectivity index (χ4n) is 1.82. The largest absolute Gasteiger partial charge is 1.00 e. The first-order valence-electron chi connectivity index (χ1n) is 6.25. The van der Waals surface area contributed by atoms with Gasteiger partial charge >= 0.3 is 0 Å². The smallest absolute Gasteiger partial charge is 0.270 e. The van der Waals surface area contributed by atoms with Crippen molar-refractivity contribution in [3.8, 4) is 0 Å². The molecular weight excluding hydrogens is 290 g/mol. The van der Waals surface area contributed by atoms with Gasteiger partial charge in [-0.15, -0.1) is 0 Å². The minimum absolute atomic E-state index is 0. The minimum Gasteiger partial charge on any atom is -1.00 e. The summed E-state index contributed by atoms with van der Waals surface area (Å²) in [7, 11) is 0. The van der Waals surface area contributed by atoms with Gasteiger partial charge in [0, 0.05) is 24.2 Å². The summed E-state index contributed by atoms with van der Waals surface area (Å²) in [6.45, 7) is 0.554. The van der Waals surface area contributed by atoms with Crippen LogP contribution in [0.2, 0.25) is 0 Å². The van der Waals surface area contributed by atoms with Gasteiger partial charge in [0.25, 0.3) is 5.69 Å². The quantitative estimate of drug-likeness (QED) is 0.351. The molecule has 0 spiro atoms. The van der Waals surface area contributed by atoms with Crippen LogP contribution in [-0.4, -0.2) is 17.3 Å². The molecule has 0 fully saturated rings. The summed E-state index contributed by atoms with van der Waals surface area (Å²) >= 11 is 0. The Morgan fingerprint density at radius 2 is 1.86 bits per heavy atom. The molecule has 0 saturated carbocycles. The standard InChI is InChI=1S/C15H15N3O2.ClH/c16-15(13-7-4-8-14(11-13)18(19)20)17-10-9-12-5-2-1-3-6-12;/h1-8,11H,9-10H2,(H2,16,17);1H/p-1. The first-order valence-corrected chi connectivity index (χ1v) is 6.25. The Labute approximate surface area is 129 Å². The average molecular weight is 305 g/mol. The normalized spacial score (nSPS) is 10.8. The van der Waals surface area contributed by atoms with Crippen LogP contribution in [0, 0.1) is 10.1 Å². The number of aliphatic imine (C=N–C) groups is 1. The Hall–Kier alpha value is -2.40. The second-order valence-electron chi connectivity index (χ2n) is 4.31. The van der Waals surface area contributed by atoms with Crippen molar-refractivity contribution in [3.05, 3.63) is 75.8 Å². The van der Waals surface area contributed by atoms with Crippen molar-refractivity contribution in [2.75, 3.05) is 6.54 Å². The topological polar surface area (TPSA) is 81.5 Å². The van der Waals surface area contributed by atoms with Crippen LogP contribution in [0.3, 0.4) is 0 Å². The van der Waals surface area contributed by atoms with Crippen molar-refractivity contribution < 1.29 is 17.3 Å². The van der Waals surface area contributed by atoms with E-state index >= 15 is 0 Å². The van der Waals surface area contributed by atoms with Crippen molar-refractivity contribution in [2.45, 2.75) is 6.42 Å². The first-order chi connectivity index (χ1) is 9.66. The van der Waals surface area contributed by atoms with E-state index in [0.29, 0.717) is 17.9 Å². The van der Waals surface area contributed by atoms with Crippen LogP contribution in [0.5, 0.6) is 0 Å². The highest BCUT2D eigenvalue weighted by molar-refractivity contribution is 5.97. The monoisotopic (exact) mass is 304 g/mol. The maximum Gasteiger partial charge on any atom is 0.270 e. The van der Waals surface area contributed by atoms with Gasteiger partial charge < -0.3 is 18.1 Å². The van der Waals surface area contributed by atoms with E-state index < -0.39 is 4.92 Å². The molecule has 2 aromatic carbocycles. The first kappa shape index (κ1) is 16.7. The molecule has 2 N–H and O–H groups in total. The Kier molecular flexibility index (Phi) is 6.36. The van der Waals surface area contributed by atoms with Crippen LogP contribution in [0.25, 0.3) is 0 Å². The number of hydrogen-bond acceptors (Lipinski definition) is 3. The number of amidine groups is 1. The molecule has 6 heteroatoms. The molecule has 2 aromatic rings. The van der Waals surface area contributed by atoms with Gasteiger partial charge in [0.15, 0.2) is 0 Å². The van der Waals surface area contributed by atoms with Gasteiger partial charge in [0.1, 0.15) is 5.84 Å². The molecule has 0 saturated heterocycles. The molecule has 0 unspecified atom stereocenters. The number of nitrogens with two attached hydrogens (primary N) is 1. The zero-order valence-electron chi connectivity index (χ0n) is 11.3. The maximum atomic E-state index is 10.7. The lowest BCUT2D eigenvalue weighted by molar-refractivity contribution is -0.384. The third kappa shape index (κ3) is 4.89. The van der Waals surface area contributed by atoms with Gasteiger partial charge in [-0.05, 0) is 12.0 Å². The third-order valence-electron chi connectivity index (χ3n) is 2.88. The van der Waals surface area contributed by atoms with E-state index in [9.17, 15) is 10.1 Å². The summed E-state index contributed by atoms with van der Waals surface area (Å²) in [4.78, 5) is 14.5. The summed E-state index contributed by atoms with van der Waals surface area (Å²) in [6.07, 6.45) is 0.788. The van der Waals surface area contributed by atoms with Crippen LogP contribution in [0.15, 0.2) is 59.6 Å². The summed E-state index contributed by atoms with van der Waals surface area (Å²) in [6, 6.07) is 16.2. The zero-order valence-corrected chi connectivity index (χ0v) is 12.0. The lowest BCUT2D eigenvalue weighted by Crippen LogP contribution is -3.00. The van der Waals surface area contributed by atoms with E-state index in [2.05, 4.69) is 4.99 Å². The van der Waals surface area contributed by atoms with Crippen molar-refractivity contribution in [3.63, 3.8) is 0 Å². The lowest BCUT2D eigenvalue weighted by Gasteiger charge is -2.02. The Morgan fingerprint density at radius 3 is 2.52 bits per heavy atom. The van der Waals surface area contributed by atoms with Crippen LogP contribution in [-0.2, 0) is 6.42 Å². The highest BCUT2D eigenvalue weighted by Gasteiger charge is 2.07. The van der Waals surface area contributed by atoms with E-state index in [0.717, 1.165) is 6.42 Å². The van der Waals surface area contributed by atoms with Crippen molar-refractivity contribution in [2.24, 2.45) is 10.7 Å². The van der Waals surface area contributed by atoms with Gasteiger partial charge in [-0.2, -0.15) is 0 Å². The van der Waals surface area contributed by atoms with Crippen molar-refractivity contribution in [1.29, 1.82) is 0 Å². The molecule has 0 aliphatic carbocycles. The number of non-ortho nitro benzene ring substituents is 1. The van der Waals surface area contributed by atoms with Crippen LogP contribution in [0.4, 0.5) is 5.69 Å². The third-order valence-corrected chi connectivity index (χ3v) is 2.88. The lowest BCUT2D eigenvalue weighted by atomic mass is 10.1. The van der Waals surface area contributed by atoms with Crippen molar-refractivity contribution >= 4 is 11.5 Å². The molecule has 0 amide bonds. The summed E-state index contributed by atoms with van der Waals surface area (Å²) in [5.41, 5.74) is 7.63. The highest BCUT2D eigenvalue weighted by Crippen LogP contribution is 2.12. The molecule has 21 heavy (non-hydrogen) atoms. The van der Waals surface area contributed by atoms with E-state index in [1.165, 1.54) is 17.7 Å². The fraction of sp³-hybridized carbons (Fsp3) is 0.133. The fourth-order valence-corrected chi connectivity index (χ4v) is 1.82. The number of rotatable bonds is 5. The zero-order chi connectivity index (χ0) is 14.4. The van der Waals surface area contributed by atoms with E-state index in [1.807, 2.05) is 30.3 Å². The number of halogens is 1. The Morgan fingerprint density at radius 1 is 1.14 bits per heavy atom. The molecule has 0 atom stereocenters. The summed E-state index contributed by atoms with van der Waals surface area (Å²) in [5, 5.41) is 10.7. The Balaban J connectivity index is 0.00000220. The number of benzene rings is 2. The van der Waals surface area contributed by atoms with E-state index in [-0.39, 0.29) is 18.1 Å². The summed E-state index contributed by atoms with van der Waals surface area (Å²) in [5.74, 6) is 0.324. The molecule has 110 valence electrons. The average Bonchev–Trinajstić information content (AvgIpc) is 2.48. The molecule has 5 nitrogen and oxygen atoms in total. The van der Waals surface area contributed by atoms with E-state index in [4.69, 9.17) is 5.73 Å². The molecule has 0 radical (unpaired) electrons. The maximum absolute atomic E-state index is 10.7. The molecule has 2 rings (SSSR count). The summed E-state index contributed by atoms with van der Waals surface area (Å²) < 4.78 is 0. The van der Waals surface area contributed by atoms with Crippen LogP contribution < -0.4 is 18.1 Å². The second kappa shape index (κ2) is 8.01. The Bertz CT molecular complexity index is 630.